The highest BCUT2D eigenvalue weighted by Crippen LogP contribution is 2.40. The van der Waals surface area contributed by atoms with E-state index in [9.17, 15) is 18.4 Å². The second-order valence-corrected chi connectivity index (χ2v) is 7.19. The van der Waals surface area contributed by atoms with Gasteiger partial charge < -0.3 is 14.8 Å². The van der Waals surface area contributed by atoms with Crippen LogP contribution in [0.25, 0.3) is 0 Å². The number of ether oxygens (including phenoxy) is 2. The van der Waals surface area contributed by atoms with Crippen molar-refractivity contribution in [1.82, 2.24) is 5.32 Å². The van der Waals surface area contributed by atoms with Gasteiger partial charge in [-0.05, 0) is 32.8 Å². The number of alkyl carbamates (subject to hydrolysis) is 1. The molecule has 0 spiro atoms. The van der Waals surface area contributed by atoms with Gasteiger partial charge in [0.2, 0.25) is 0 Å². The zero-order valence-corrected chi connectivity index (χ0v) is 14.6. The van der Waals surface area contributed by atoms with Gasteiger partial charge in [-0.3, -0.25) is 4.79 Å². The number of rotatable bonds is 4. The summed E-state index contributed by atoms with van der Waals surface area (Å²) in [5.41, 5.74) is -0.00421. The van der Waals surface area contributed by atoms with Crippen molar-refractivity contribution in [3.05, 3.63) is 35.9 Å². The van der Waals surface area contributed by atoms with Crippen molar-refractivity contribution >= 4 is 12.1 Å². The Morgan fingerprint density at radius 1 is 1.24 bits per heavy atom. The van der Waals surface area contributed by atoms with Crippen LogP contribution in [0.5, 0.6) is 0 Å². The summed E-state index contributed by atoms with van der Waals surface area (Å²) in [6, 6.07) is 7.54. The van der Waals surface area contributed by atoms with Crippen LogP contribution in [-0.4, -0.2) is 29.6 Å². The molecule has 1 aromatic rings. The summed E-state index contributed by atoms with van der Waals surface area (Å²) in [6.07, 6.45) is -1.75. The zero-order valence-electron chi connectivity index (χ0n) is 14.6. The highest BCUT2D eigenvalue weighted by atomic mass is 19.3. The molecule has 0 heterocycles. The number of carbonyl (C=O) groups excluding carboxylic acids is 2. The second kappa shape index (κ2) is 7.37. The van der Waals surface area contributed by atoms with Crippen molar-refractivity contribution in [1.29, 1.82) is 0 Å². The average molecular weight is 355 g/mol. The summed E-state index contributed by atoms with van der Waals surface area (Å²) in [5.74, 6) is -4.83. The van der Waals surface area contributed by atoms with Gasteiger partial charge in [0.15, 0.2) is 0 Å². The van der Waals surface area contributed by atoms with Gasteiger partial charge in [0.25, 0.3) is 5.92 Å². The predicted octanol–water partition coefficient (Wildman–Crippen LogP) is 3.67. The van der Waals surface area contributed by atoms with Crippen molar-refractivity contribution in [2.75, 3.05) is 0 Å². The molecule has 1 fully saturated rings. The number of hydrogen-bond donors (Lipinski definition) is 1. The number of alkyl halides is 2. The Morgan fingerprint density at radius 3 is 2.48 bits per heavy atom. The number of halogens is 2. The average Bonchev–Trinajstić information content (AvgIpc) is 2.79. The highest BCUT2D eigenvalue weighted by molar-refractivity contribution is 5.74. The molecule has 0 saturated heterocycles. The van der Waals surface area contributed by atoms with Gasteiger partial charge in [-0.25, -0.2) is 13.6 Å². The lowest BCUT2D eigenvalue weighted by Gasteiger charge is -2.24. The molecule has 138 valence electrons. The van der Waals surface area contributed by atoms with E-state index in [0.29, 0.717) is 0 Å². The first-order chi connectivity index (χ1) is 11.6. The summed E-state index contributed by atoms with van der Waals surface area (Å²) in [4.78, 5) is 23.8. The molecule has 2 rings (SSSR count). The van der Waals surface area contributed by atoms with Crippen LogP contribution in [0.2, 0.25) is 0 Å². The minimum Gasteiger partial charge on any atom is -0.461 e. The van der Waals surface area contributed by atoms with Crippen LogP contribution in [0.4, 0.5) is 13.6 Å². The van der Waals surface area contributed by atoms with Gasteiger partial charge in [-0.1, -0.05) is 30.3 Å². The Hall–Kier alpha value is -2.18. The fraction of sp³-hybridized carbons (Fsp3) is 0.556. The van der Waals surface area contributed by atoms with E-state index in [0.717, 1.165) is 5.56 Å². The molecule has 0 unspecified atom stereocenters. The molecular weight excluding hydrogens is 332 g/mol. The van der Waals surface area contributed by atoms with Gasteiger partial charge in [0, 0.05) is 6.42 Å². The molecule has 1 aliphatic carbocycles. The molecule has 1 aliphatic rings. The number of hydrogen-bond acceptors (Lipinski definition) is 4. The maximum absolute atomic E-state index is 14.1. The molecule has 0 aromatic heterocycles. The summed E-state index contributed by atoms with van der Waals surface area (Å²) < 4.78 is 38.3. The van der Waals surface area contributed by atoms with Gasteiger partial charge >= 0.3 is 12.1 Å². The first-order valence-corrected chi connectivity index (χ1v) is 8.15. The molecule has 0 bridgehead atoms. The lowest BCUT2D eigenvalue weighted by atomic mass is 10.1. The molecule has 1 amide bonds. The topological polar surface area (TPSA) is 64.6 Å². The number of esters is 1. The standard InChI is InChI=1S/C18H23F2NO4/c1-17(2,3)25-16(23)21-14-9-13(10-18(14,19)20)15(22)24-11-12-7-5-4-6-8-12/h4-8,13-14H,9-11H2,1-3H3,(H,21,23)/t13-,14+/m0/s1. The number of amides is 1. The number of carbonyl (C=O) groups is 2. The van der Waals surface area contributed by atoms with E-state index in [1.54, 1.807) is 45.0 Å². The van der Waals surface area contributed by atoms with E-state index in [1.165, 1.54) is 0 Å². The van der Waals surface area contributed by atoms with Crippen LogP contribution in [0, 0.1) is 5.92 Å². The van der Waals surface area contributed by atoms with E-state index < -0.39 is 42.0 Å². The molecule has 25 heavy (non-hydrogen) atoms. The highest BCUT2D eigenvalue weighted by Gasteiger charge is 2.52. The van der Waals surface area contributed by atoms with Gasteiger partial charge in [0.1, 0.15) is 12.2 Å². The van der Waals surface area contributed by atoms with Gasteiger partial charge in [-0.2, -0.15) is 0 Å². The van der Waals surface area contributed by atoms with Crippen molar-refractivity contribution in [3.63, 3.8) is 0 Å². The van der Waals surface area contributed by atoms with Crippen LogP contribution in [0.3, 0.4) is 0 Å². The van der Waals surface area contributed by atoms with E-state index in [4.69, 9.17) is 9.47 Å². The van der Waals surface area contributed by atoms with Gasteiger partial charge in [-0.15, -0.1) is 0 Å². The smallest absolute Gasteiger partial charge is 0.408 e. The Morgan fingerprint density at radius 2 is 1.88 bits per heavy atom. The number of benzene rings is 1. The van der Waals surface area contributed by atoms with Crippen LogP contribution >= 0.6 is 0 Å². The van der Waals surface area contributed by atoms with Crippen molar-refractivity contribution in [2.24, 2.45) is 5.92 Å². The summed E-state index contributed by atoms with van der Waals surface area (Å²) in [5, 5.41) is 2.17. The minimum absolute atomic E-state index is 0.0336. The fourth-order valence-corrected chi connectivity index (χ4v) is 2.65. The molecule has 1 N–H and O–H groups in total. The normalized spacial score (nSPS) is 22.3. The lowest BCUT2D eigenvalue weighted by Crippen LogP contribution is -2.45. The monoisotopic (exact) mass is 355 g/mol. The lowest BCUT2D eigenvalue weighted by molar-refractivity contribution is -0.150. The van der Waals surface area contributed by atoms with E-state index in [2.05, 4.69) is 5.32 Å². The second-order valence-electron chi connectivity index (χ2n) is 7.19. The third kappa shape index (κ3) is 5.69. The third-order valence-electron chi connectivity index (χ3n) is 3.80. The Kier molecular flexibility index (Phi) is 5.65. The SMILES string of the molecule is CC(C)(C)OC(=O)N[C@@H]1C[C@H](C(=O)OCc2ccccc2)CC1(F)F. The van der Waals surface area contributed by atoms with Crippen molar-refractivity contribution < 1.29 is 27.8 Å². The Bertz CT molecular complexity index is 613. The maximum atomic E-state index is 14.1. The molecule has 2 atom stereocenters. The molecule has 0 aliphatic heterocycles. The third-order valence-corrected chi connectivity index (χ3v) is 3.80. The maximum Gasteiger partial charge on any atom is 0.408 e. The Balaban J connectivity index is 1.89. The van der Waals surface area contributed by atoms with Gasteiger partial charge in [0.05, 0.1) is 12.0 Å². The molecule has 0 radical (unpaired) electrons. The molecule has 7 heteroatoms. The van der Waals surface area contributed by atoms with E-state index in [-0.39, 0.29) is 13.0 Å². The van der Waals surface area contributed by atoms with Crippen LogP contribution < -0.4 is 5.32 Å². The van der Waals surface area contributed by atoms with Crippen LogP contribution in [0.1, 0.15) is 39.2 Å². The summed E-state index contributed by atoms with van der Waals surface area (Å²) in [7, 11) is 0. The van der Waals surface area contributed by atoms with Crippen molar-refractivity contribution in [3.8, 4) is 0 Å². The molecule has 5 nitrogen and oxygen atoms in total. The van der Waals surface area contributed by atoms with E-state index >= 15 is 0 Å². The van der Waals surface area contributed by atoms with Crippen LogP contribution in [0.15, 0.2) is 30.3 Å². The van der Waals surface area contributed by atoms with Crippen LogP contribution in [-0.2, 0) is 20.9 Å². The molecule has 1 aromatic carbocycles. The number of nitrogens with one attached hydrogen (secondary N) is 1. The zero-order chi connectivity index (χ0) is 18.7. The first kappa shape index (κ1) is 19.1. The predicted molar refractivity (Wildman–Crippen MR) is 87.1 cm³/mol. The van der Waals surface area contributed by atoms with Crippen molar-refractivity contribution in [2.45, 2.75) is 57.8 Å². The minimum atomic E-state index is -3.19. The fourth-order valence-electron chi connectivity index (χ4n) is 2.65. The summed E-state index contributed by atoms with van der Waals surface area (Å²) >= 11 is 0. The first-order valence-electron chi connectivity index (χ1n) is 8.15. The summed E-state index contributed by atoms with van der Waals surface area (Å²) in [6.45, 7) is 4.96. The molecular formula is C18H23F2NO4. The molecule has 1 saturated carbocycles. The Labute approximate surface area is 145 Å². The quantitative estimate of drug-likeness (QED) is 0.837. The van der Waals surface area contributed by atoms with E-state index in [1.807, 2.05) is 6.07 Å². The largest absolute Gasteiger partial charge is 0.461 e.